The van der Waals surface area contributed by atoms with Gasteiger partial charge < -0.3 is 4.90 Å². The molecule has 9 aromatic carbocycles. The van der Waals surface area contributed by atoms with Gasteiger partial charge in [-0.3, -0.25) is 0 Å². The smallest absolute Gasteiger partial charge is 0.0732 e. The van der Waals surface area contributed by atoms with Crippen molar-refractivity contribution in [3.05, 3.63) is 245 Å². The quantitative estimate of drug-likeness (QED) is 0.157. The minimum Gasteiger partial charge on any atom is -0.310 e. The fraction of sp³-hybridized carbons (Fsp3) is 0.0645. The lowest BCUT2D eigenvalue weighted by molar-refractivity contribution is 0.660. The Bertz CT molecular complexity index is 3380. The molecule has 0 N–H and O–H groups in total. The summed E-state index contributed by atoms with van der Waals surface area (Å²) >= 11 is 0. The van der Waals surface area contributed by atoms with Gasteiger partial charge in [0.05, 0.1) is 5.41 Å². The second-order valence-corrected chi connectivity index (χ2v) is 17.5. The number of rotatable bonds is 5. The molecule has 0 aromatic heterocycles. The van der Waals surface area contributed by atoms with Crippen molar-refractivity contribution in [2.75, 3.05) is 4.90 Å². The van der Waals surface area contributed by atoms with Crippen molar-refractivity contribution < 1.29 is 0 Å². The van der Waals surface area contributed by atoms with Crippen LogP contribution in [-0.4, -0.2) is 0 Å². The van der Waals surface area contributed by atoms with Crippen molar-refractivity contribution in [3.63, 3.8) is 0 Å². The zero-order valence-electron chi connectivity index (χ0n) is 35.2. The Labute approximate surface area is 370 Å². The van der Waals surface area contributed by atoms with Crippen LogP contribution in [0.15, 0.2) is 200 Å². The predicted octanol–water partition coefficient (Wildman–Crippen LogP) is 15.1. The van der Waals surface area contributed by atoms with Crippen molar-refractivity contribution in [1.82, 2.24) is 0 Å². The summed E-state index contributed by atoms with van der Waals surface area (Å²) in [7, 11) is 0. The third kappa shape index (κ3) is 5.21. The van der Waals surface area contributed by atoms with Gasteiger partial charge in [-0.05, 0) is 150 Å². The molecule has 0 fully saturated rings. The molecule has 0 amide bonds. The molecular weight excluding hydrogens is 759 g/mol. The second kappa shape index (κ2) is 13.7. The van der Waals surface area contributed by atoms with Gasteiger partial charge in [0.2, 0.25) is 0 Å². The third-order valence-electron chi connectivity index (χ3n) is 14.0. The van der Waals surface area contributed by atoms with E-state index in [9.17, 15) is 0 Å². The normalized spacial score (nSPS) is 13.8. The summed E-state index contributed by atoms with van der Waals surface area (Å²) in [5.41, 5.74) is 23.9. The van der Waals surface area contributed by atoms with Crippen molar-refractivity contribution in [3.8, 4) is 80.3 Å². The van der Waals surface area contributed by atoms with Crippen LogP contribution in [0.4, 0.5) is 17.1 Å². The summed E-state index contributed by atoms with van der Waals surface area (Å²) in [4.78, 5) is 2.42. The monoisotopic (exact) mass is 799 g/mol. The number of anilines is 3. The van der Waals surface area contributed by atoms with Crippen LogP contribution in [0.5, 0.6) is 0 Å². The molecule has 294 valence electrons. The average molecular weight is 800 g/mol. The Kier molecular flexibility index (Phi) is 7.99. The van der Waals surface area contributed by atoms with Crippen LogP contribution in [0.25, 0.3) is 55.6 Å². The SMILES string of the molecule is C#Cc1ccc2c(c1)C1(c3cc(C#C)ccc3-2)c2ccccc2-c2cccc(-c3cccc(N(c4ccc(-c5ccccc5)cc4)c4ccc5c(c4)C(C)(C)c4ccccc4-5)c3)c21. The van der Waals surface area contributed by atoms with E-state index in [0.29, 0.717) is 0 Å². The second-order valence-electron chi connectivity index (χ2n) is 17.5. The largest absolute Gasteiger partial charge is 0.310 e. The maximum absolute atomic E-state index is 6.16. The van der Waals surface area contributed by atoms with Crippen molar-refractivity contribution >= 4 is 17.1 Å². The summed E-state index contributed by atoms with van der Waals surface area (Å²) in [5, 5.41) is 0. The Hall–Kier alpha value is -8.10. The fourth-order valence-electron chi connectivity index (χ4n) is 11.2. The summed E-state index contributed by atoms with van der Waals surface area (Å²) in [5.74, 6) is 5.92. The van der Waals surface area contributed by atoms with Gasteiger partial charge in [-0.15, -0.1) is 12.8 Å². The van der Waals surface area contributed by atoms with Gasteiger partial charge in [0.1, 0.15) is 0 Å². The first-order valence-electron chi connectivity index (χ1n) is 21.7. The maximum Gasteiger partial charge on any atom is 0.0732 e. The van der Waals surface area contributed by atoms with Crippen LogP contribution in [-0.2, 0) is 10.8 Å². The lowest BCUT2D eigenvalue weighted by atomic mass is 9.68. The molecule has 1 spiro atoms. The maximum atomic E-state index is 6.16. The third-order valence-corrected chi connectivity index (χ3v) is 14.0. The molecular formula is C62H41N. The lowest BCUT2D eigenvalue weighted by Gasteiger charge is -2.33. The summed E-state index contributed by atoms with van der Waals surface area (Å²) in [6.45, 7) is 4.70. The Morgan fingerprint density at radius 2 is 0.841 bits per heavy atom. The molecule has 3 aliphatic carbocycles. The minimum absolute atomic E-state index is 0.146. The van der Waals surface area contributed by atoms with Crippen LogP contribution in [0, 0.1) is 24.7 Å². The Balaban J connectivity index is 1.08. The van der Waals surface area contributed by atoms with E-state index in [0.717, 1.165) is 33.8 Å². The highest BCUT2D eigenvalue weighted by Crippen LogP contribution is 2.65. The van der Waals surface area contributed by atoms with Gasteiger partial charge in [-0.25, -0.2) is 0 Å². The Morgan fingerprint density at radius 1 is 0.349 bits per heavy atom. The number of nitrogens with zero attached hydrogens (tertiary/aromatic N) is 1. The highest BCUT2D eigenvalue weighted by molar-refractivity contribution is 5.99. The fourth-order valence-corrected chi connectivity index (χ4v) is 11.2. The molecule has 0 unspecified atom stereocenters. The van der Waals surface area contributed by atoms with Gasteiger partial charge in [0.15, 0.2) is 0 Å². The molecule has 1 heteroatoms. The molecule has 9 aromatic rings. The summed E-state index contributed by atoms with van der Waals surface area (Å²) in [6, 6.07) is 73.2. The molecule has 0 bridgehead atoms. The molecule has 12 rings (SSSR count). The van der Waals surface area contributed by atoms with E-state index in [4.69, 9.17) is 12.8 Å². The number of terminal acetylenes is 2. The number of benzene rings is 9. The van der Waals surface area contributed by atoms with Gasteiger partial charge in [0.25, 0.3) is 0 Å². The van der Waals surface area contributed by atoms with E-state index in [-0.39, 0.29) is 5.41 Å². The standard InChI is InChI=1S/C62H41N/c1-5-40-26-33-52-53-34-27-41(6-2)37-59(53)62(58(52)36-40)56-25-13-11-21-50(56)54-23-15-22-48(60(54)62)44-18-14-19-46(38-44)63(45-30-28-43(29-31-45)42-16-8-7-9-17-42)47-32-35-51-49-20-10-12-24-55(49)61(3,4)57(51)39-47/h1-2,7-39H,3-4H3. The summed E-state index contributed by atoms with van der Waals surface area (Å²) in [6.07, 6.45) is 12.3. The highest BCUT2D eigenvalue weighted by atomic mass is 15.1. The first kappa shape index (κ1) is 36.7. The van der Waals surface area contributed by atoms with E-state index < -0.39 is 5.41 Å². The summed E-state index contributed by atoms with van der Waals surface area (Å²) < 4.78 is 0. The topological polar surface area (TPSA) is 3.24 Å². The first-order valence-corrected chi connectivity index (χ1v) is 21.7. The van der Waals surface area contributed by atoms with Crippen LogP contribution in [0.2, 0.25) is 0 Å². The van der Waals surface area contributed by atoms with Crippen LogP contribution in [0.1, 0.15) is 58.4 Å². The number of hydrogen-bond acceptors (Lipinski definition) is 1. The average Bonchev–Trinajstić information content (AvgIpc) is 3.89. The van der Waals surface area contributed by atoms with Crippen molar-refractivity contribution in [1.29, 1.82) is 0 Å². The lowest BCUT2D eigenvalue weighted by Crippen LogP contribution is -2.27. The Morgan fingerprint density at radius 3 is 1.54 bits per heavy atom. The number of hydrogen-bond donors (Lipinski definition) is 0. The van der Waals surface area contributed by atoms with Gasteiger partial charge in [-0.2, -0.15) is 0 Å². The minimum atomic E-state index is -0.642. The zero-order chi connectivity index (χ0) is 42.5. The van der Waals surface area contributed by atoms with Crippen LogP contribution >= 0.6 is 0 Å². The zero-order valence-corrected chi connectivity index (χ0v) is 35.2. The molecule has 0 saturated heterocycles. The van der Waals surface area contributed by atoms with E-state index >= 15 is 0 Å². The van der Waals surface area contributed by atoms with E-state index in [1.54, 1.807) is 0 Å². The predicted molar refractivity (Wildman–Crippen MR) is 262 cm³/mol. The van der Waals surface area contributed by atoms with Gasteiger partial charge in [-0.1, -0.05) is 165 Å². The van der Waals surface area contributed by atoms with Crippen LogP contribution in [0.3, 0.4) is 0 Å². The molecule has 3 aliphatic rings. The number of fused-ring (bicyclic) bond motifs is 13. The van der Waals surface area contributed by atoms with E-state index in [1.807, 2.05) is 0 Å². The van der Waals surface area contributed by atoms with Crippen LogP contribution < -0.4 is 4.90 Å². The molecule has 1 nitrogen and oxygen atoms in total. The van der Waals surface area contributed by atoms with E-state index in [1.165, 1.54) is 83.5 Å². The van der Waals surface area contributed by atoms with Crippen molar-refractivity contribution in [2.45, 2.75) is 24.7 Å². The molecule has 0 aliphatic heterocycles. The molecule has 63 heavy (non-hydrogen) atoms. The van der Waals surface area contributed by atoms with Gasteiger partial charge >= 0.3 is 0 Å². The van der Waals surface area contributed by atoms with Crippen molar-refractivity contribution in [2.24, 2.45) is 0 Å². The molecule has 0 radical (unpaired) electrons. The molecule has 0 heterocycles. The highest BCUT2D eigenvalue weighted by Gasteiger charge is 2.53. The van der Waals surface area contributed by atoms with E-state index in [2.05, 4.69) is 231 Å². The molecule has 0 atom stereocenters. The molecule has 0 saturated carbocycles. The van der Waals surface area contributed by atoms with Gasteiger partial charge in [0, 0.05) is 33.6 Å². The first-order chi connectivity index (χ1) is 30.9.